The molecule has 3 aromatic rings. The summed E-state index contributed by atoms with van der Waals surface area (Å²) in [7, 11) is -3.73. The van der Waals surface area contributed by atoms with Gasteiger partial charge in [-0.25, -0.2) is 8.42 Å². The van der Waals surface area contributed by atoms with Crippen molar-refractivity contribution in [1.82, 2.24) is 0 Å². The maximum Gasteiger partial charge on any atom is 0.256 e. The van der Waals surface area contributed by atoms with Gasteiger partial charge in [-0.15, -0.1) is 11.3 Å². The van der Waals surface area contributed by atoms with E-state index in [1.807, 2.05) is 6.92 Å². The van der Waals surface area contributed by atoms with Gasteiger partial charge in [-0.3, -0.25) is 4.79 Å². The van der Waals surface area contributed by atoms with Crippen LogP contribution in [-0.4, -0.2) is 20.9 Å². The second-order valence-electron chi connectivity index (χ2n) is 7.10. The first-order valence-corrected chi connectivity index (χ1v) is 12.3. The first-order valence-electron chi connectivity index (χ1n) is 9.99. The van der Waals surface area contributed by atoms with Gasteiger partial charge in [0.1, 0.15) is 15.6 Å². The Morgan fingerprint density at radius 2 is 1.73 bits per heavy atom. The van der Waals surface area contributed by atoms with Gasteiger partial charge < -0.3 is 10.1 Å². The van der Waals surface area contributed by atoms with Crippen molar-refractivity contribution < 1.29 is 17.9 Å². The van der Waals surface area contributed by atoms with E-state index in [0.717, 1.165) is 29.7 Å². The number of ether oxygens (including phenoxy) is 1. The van der Waals surface area contributed by atoms with Gasteiger partial charge in [0.05, 0.1) is 11.5 Å². The number of carbonyl (C=O) groups excluding carboxylic acids is 1. The summed E-state index contributed by atoms with van der Waals surface area (Å²) in [5.74, 6) is 0.356. The number of anilines is 1. The number of fused-ring (bicyclic) bond motifs is 1. The lowest BCUT2D eigenvalue weighted by Crippen LogP contribution is -2.14. The molecule has 0 saturated carbocycles. The number of carbonyl (C=O) groups is 1. The van der Waals surface area contributed by atoms with Crippen LogP contribution in [0.4, 0.5) is 5.00 Å². The number of sulfone groups is 1. The standard InChI is InChI=1S/C23H23NO4S2/c1-2-28-17-14-12-16(13-15-17)22(25)24-23-21(19-10-6-7-11-20(19)29-23)30(26,27)18-8-4-3-5-9-18/h3-5,8-9,12-15H,2,6-7,10-11H2,1H3,(H,24,25). The highest BCUT2D eigenvalue weighted by atomic mass is 32.2. The van der Waals surface area contributed by atoms with Crippen molar-refractivity contribution in [1.29, 1.82) is 0 Å². The number of thiophene rings is 1. The number of hydrogen-bond donors (Lipinski definition) is 1. The van der Waals surface area contributed by atoms with Crippen LogP contribution >= 0.6 is 11.3 Å². The van der Waals surface area contributed by atoms with Gasteiger partial charge in [0.15, 0.2) is 0 Å². The minimum Gasteiger partial charge on any atom is -0.494 e. The van der Waals surface area contributed by atoms with Crippen molar-refractivity contribution in [2.24, 2.45) is 0 Å². The molecule has 2 aromatic carbocycles. The quantitative estimate of drug-likeness (QED) is 0.577. The van der Waals surface area contributed by atoms with E-state index in [0.29, 0.717) is 29.3 Å². The van der Waals surface area contributed by atoms with Crippen molar-refractivity contribution in [3.05, 3.63) is 70.6 Å². The van der Waals surface area contributed by atoms with Gasteiger partial charge in [0, 0.05) is 10.4 Å². The lowest BCUT2D eigenvalue weighted by atomic mass is 9.99. The number of nitrogens with one attached hydrogen (secondary N) is 1. The normalized spacial score (nSPS) is 13.5. The molecule has 30 heavy (non-hydrogen) atoms. The molecule has 1 aromatic heterocycles. The molecule has 0 fully saturated rings. The summed E-state index contributed by atoms with van der Waals surface area (Å²) in [6, 6.07) is 15.2. The first kappa shape index (κ1) is 20.6. The Labute approximate surface area is 180 Å². The van der Waals surface area contributed by atoms with Crippen LogP contribution < -0.4 is 10.1 Å². The third-order valence-corrected chi connectivity index (χ3v) is 8.32. The van der Waals surface area contributed by atoms with Crippen LogP contribution in [0.1, 0.15) is 40.6 Å². The highest BCUT2D eigenvalue weighted by molar-refractivity contribution is 7.92. The molecule has 0 aliphatic heterocycles. The van der Waals surface area contributed by atoms with E-state index in [1.165, 1.54) is 11.3 Å². The summed E-state index contributed by atoms with van der Waals surface area (Å²) < 4.78 is 32.3. The van der Waals surface area contributed by atoms with E-state index in [-0.39, 0.29) is 15.7 Å². The molecule has 0 radical (unpaired) electrons. The number of aryl methyl sites for hydroxylation is 1. The molecule has 1 aliphatic rings. The predicted octanol–water partition coefficient (Wildman–Crippen LogP) is 5.11. The zero-order chi connectivity index (χ0) is 21.1. The number of hydrogen-bond acceptors (Lipinski definition) is 5. The molecule has 1 heterocycles. The van der Waals surface area contributed by atoms with Crippen molar-refractivity contribution in [3.63, 3.8) is 0 Å². The summed E-state index contributed by atoms with van der Waals surface area (Å²) in [4.78, 5) is 14.4. The topological polar surface area (TPSA) is 72.5 Å². The van der Waals surface area contributed by atoms with E-state index in [9.17, 15) is 13.2 Å². The molecule has 0 saturated heterocycles. The molecule has 0 atom stereocenters. The molecule has 0 bridgehead atoms. The molecule has 4 rings (SSSR count). The molecule has 156 valence electrons. The van der Waals surface area contributed by atoms with Crippen LogP contribution in [0.15, 0.2) is 64.4 Å². The monoisotopic (exact) mass is 441 g/mol. The van der Waals surface area contributed by atoms with Gasteiger partial charge in [0.2, 0.25) is 9.84 Å². The lowest BCUT2D eigenvalue weighted by molar-refractivity contribution is 0.102. The average Bonchev–Trinajstić information content (AvgIpc) is 3.13. The highest BCUT2D eigenvalue weighted by Gasteiger charge is 2.31. The number of rotatable bonds is 6. The smallest absolute Gasteiger partial charge is 0.256 e. The molecular formula is C23H23NO4S2. The Morgan fingerprint density at radius 3 is 2.43 bits per heavy atom. The third-order valence-electron chi connectivity index (χ3n) is 5.10. The van der Waals surface area contributed by atoms with Crippen molar-refractivity contribution in [2.45, 2.75) is 42.4 Å². The zero-order valence-electron chi connectivity index (χ0n) is 16.7. The maximum absolute atomic E-state index is 13.5. The SMILES string of the molecule is CCOc1ccc(C(=O)Nc2sc3c(c2S(=O)(=O)c2ccccc2)CCCC3)cc1. The minimum atomic E-state index is -3.73. The third kappa shape index (κ3) is 4.00. The molecule has 1 N–H and O–H groups in total. The summed E-state index contributed by atoms with van der Waals surface area (Å²) in [6.07, 6.45) is 3.54. The van der Waals surface area contributed by atoms with Crippen LogP contribution in [0.5, 0.6) is 5.75 Å². The highest BCUT2D eigenvalue weighted by Crippen LogP contribution is 2.43. The van der Waals surface area contributed by atoms with Crippen LogP contribution in [0.25, 0.3) is 0 Å². The van der Waals surface area contributed by atoms with Crippen LogP contribution in [-0.2, 0) is 22.7 Å². The van der Waals surface area contributed by atoms with Gasteiger partial charge in [-0.05, 0) is 74.6 Å². The molecule has 7 heteroatoms. The summed E-state index contributed by atoms with van der Waals surface area (Å²) in [6.45, 7) is 2.45. The van der Waals surface area contributed by atoms with Crippen molar-refractivity contribution in [2.75, 3.05) is 11.9 Å². The summed E-state index contributed by atoms with van der Waals surface area (Å²) in [5.41, 5.74) is 1.31. The fourth-order valence-electron chi connectivity index (χ4n) is 3.67. The number of benzene rings is 2. The summed E-state index contributed by atoms with van der Waals surface area (Å²) >= 11 is 1.38. The van der Waals surface area contributed by atoms with Gasteiger partial charge in [-0.2, -0.15) is 0 Å². The van der Waals surface area contributed by atoms with Gasteiger partial charge in [-0.1, -0.05) is 18.2 Å². The van der Waals surface area contributed by atoms with Gasteiger partial charge in [0.25, 0.3) is 5.91 Å². The average molecular weight is 442 g/mol. The molecule has 5 nitrogen and oxygen atoms in total. The van der Waals surface area contributed by atoms with E-state index >= 15 is 0 Å². The Balaban J connectivity index is 1.72. The van der Waals surface area contributed by atoms with E-state index < -0.39 is 9.84 Å². The number of amides is 1. The molecular weight excluding hydrogens is 418 g/mol. The van der Waals surface area contributed by atoms with Crippen LogP contribution in [0.3, 0.4) is 0 Å². The summed E-state index contributed by atoms with van der Waals surface area (Å²) in [5, 5.41) is 3.28. The molecule has 0 spiro atoms. The van der Waals surface area contributed by atoms with Crippen molar-refractivity contribution in [3.8, 4) is 5.75 Å². The second kappa shape index (κ2) is 8.62. The minimum absolute atomic E-state index is 0.243. The fraction of sp³-hybridized carbons (Fsp3) is 0.261. The Bertz CT molecular complexity index is 1150. The van der Waals surface area contributed by atoms with E-state index in [4.69, 9.17) is 4.74 Å². The Kier molecular flexibility index (Phi) is 5.92. The van der Waals surface area contributed by atoms with E-state index in [2.05, 4.69) is 5.32 Å². The van der Waals surface area contributed by atoms with Crippen molar-refractivity contribution >= 4 is 32.1 Å². The van der Waals surface area contributed by atoms with Gasteiger partial charge >= 0.3 is 0 Å². The fourth-order valence-corrected chi connectivity index (χ4v) is 6.96. The largest absolute Gasteiger partial charge is 0.494 e. The van der Waals surface area contributed by atoms with Crippen LogP contribution in [0, 0.1) is 0 Å². The Hall–Kier alpha value is -2.64. The predicted molar refractivity (Wildman–Crippen MR) is 118 cm³/mol. The lowest BCUT2D eigenvalue weighted by Gasteiger charge is -2.14. The maximum atomic E-state index is 13.5. The Morgan fingerprint density at radius 1 is 1.03 bits per heavy atom. The molecule has 0 unspecified atom stereocenters. The molecule has 1 aliphatic carbocycles. The first-order chi connectivity index (χ1) is 14.5. The second-order valence-corrected chi connectivity index (χ2v) is 10.1. The zero-order valence-corrected chi connectivity index (χ0v) is 18.3. The molecule has 1 amide bonds. The van der Waals surface area contributed by atoms with Crippen LogP contribution in [0.2, 0.25) is 0 Å². The van der Waals surface area contributed by atoms with E-state index in [1.54, 1.807) is 54.6 Å².